The molecule has 2 aliphatic heterocycles. The van der Waals surface area contributed by atoms with Crippen LogP contribution < -0.4 is 10.2 Å². The number of nitrogens with zero attached hydrogens (tertiary/aromatic N) is 6. The van der Waals surface area contributed by atoms with Crippen LogP contribution in [0.3, 0.4) is 0 Å². The maximum Gasteiger partial charge on any atom is 0.317 e. The topological polar surface area (TPSA) is 71.2 Å². The molecule has 0 radical (unpaired) electrons. The van der Waals surface area contributed by atoms with E-state index in [4.69, 9.17) is 0 Å². The fourth-order valence-corrected chi connectivity index (χ4v) is 4.36. The van der Waals surface area contributed by atoms with Crippen LogP contribution in [0.2, 0.25) is 0 Å². The molecule has 2 fully saturated rings. The molecule has 1 N–H and O–H groups in total. The average Bonchev–Trinajstić information content (AvgIpc) is 3.31. The summed E-state index contributed by atoms with van der Waals surface area (Å²) in [6.45, 7) is 3.55. The predicted molar refractivity (Wildman–Crippen MR) is 108 cm³/mol. The fraction of sp³-hybridized carbons (Fsp3) is 0.650. The second-order valence-corrected chi connectivity index (χ2v) is 8.20. The molecule has 1 atom stereocenters. The zero-order valence-electron chi connectivity index (χ0n) is 16.9. The van der Waals surface area contributed by atoms with Crippen molar-refractivity contribution < 1.29 is 4.79 Å². The molecule has 0 aliphatic carbocycles. The number of imidazole rings is 1. The van der Waals surface area contributed by atoms with E-state index >= 15 is 0 Å². The largest absolute Gasteiger partial charge is 0.367 e. The molecule has 4 rings (SSSR count). The molecular weight excluding hydrogens is 354 g/mol. The first-order valence-corrected chi connectivity index (χ1v) is 10.3. The minimum Gasteiger partial charge on any atom is -0.367 e. The zero-order chi connectivity index (χ0) is 19.5. The van der Waals surface area contributed by atoms with Crippen LogP contribution in [0.4, 0.5) is 10.5 Å². The molecule has 0 saturated carbocycles. The normalized spacial score (nSPS) is 21.1. The Bertz CT molecular complexity index is 790. The summed E-state index contributed by atoms with van der Waals surface area (Å²) in [6.07, 6.45) is 13.0. The first-order chi connectivity index (χ1) is 13.6. The van der Waals surface area contributed by atoms with Crippen LogP contribution in [0.25, 0.3) is 0 Å². The first-order valence-electron chi connectivity index (χ1n) is 10.3. The first kappa shape index (κ1) is 18.8. The molecule has 2 saturated heterocycles. The number of hydrogen-bond donors (Lipinski definition) is 1. The molecule has 8 nitrogen and oxygen atoms in total. The monoisotopic (exact) mass is 385 g/mol. The number of nitrogens with one attached hydrogen (secondary N) is 1. The average molecular weight is 386 g/mol. The molecule has 8 heteroatoms. The summed E-state index contributed by atoms with van der Waals surface area (Å²) in [6, 6.07) is 0.292. The molecule has 2 amide bonds. The molecule has 2 aromatic heterocycles. The van der Waals surface area contributed by atoms with Crippen molar-refractivity contribution in [1.29, 1.82) is 0 Å². The predicted octanol–water partition coefficient (Wildman–Crippen LogP) is 1.79. The van der Waals surface area contributed by atoms with Crippen molar-refractivity contribution in [2.75, 3.05) is 31.1 Å². The number of aryl methyl sites for hydroxylation is 2. The van der Waals surface area contributed by atoms with E-state index in [1.807, 2.05) is 48.5 Å². The van der Waals surface area contributed by atoms with E-state index in [-0.39, 0.29) is 12.1 Å². The summed E-state index contributed by atoms with van der Waals surface area (Å²) in [5.74, 6) is 1.75. The van der Waals surface area contributed by atoms with Gasteiger partial charge >= 0.3 is 6.03 Å². The maximum absolute atomic E-state index is 12.8. The third-order valence-electron chi connectivity index (χ3n) is 6.10. The van der Waals surface area contributed by atoms with Crippen molar-refractivity contribution in [2.24, 2.45) is 20.0 Å². The quantitative estimate of drug-likeness (QED) is 0.871. The van der Waals surface area contributed by atoms with Crippen LogP contribution in [-0.2, 0) is 20.5 Å². The van der Waals surface area contributed by atoms with Gasteiger partial charge < -0.3 is 19.7 Å². The second-order valence-electron chi connectivity index (χ2n) is 8.20. The van der Waals surface area contributed by atoms with Gasteiger partial charge in [0.05, 0.1) is 11.9 Å². The van der Waals surface area contributed by atoms with Gasteiger partial charge in [-0.2, -0.15) is 5.10 Å². The Hall–Kier alpha value is -2.51. The van der Waals surface area contributed by atoms with Crippen molar-refractivity contribution in [3.63, 3.8) is 0 Å². The summed E-state index contributed by atoms with van der Waals surface area (Å²) in [4.78, 5) is 21.5. The molecule has 4 heterocycles. The van der Waals surface area contributed by atoms with Gasteiger partial charge in [-0.3, -0.25) is 4.68 Å². The number of likely N-dealkylation sites (tertiary alicyclic amines) is 1. The zero-order valence-corrected chi connectivity index (χ0v) is 16.9. The molecule has 2 aliphatic rings. The Balaban J connectivity index is 1.24. The van der Waals surface area contributed by atoms with Crippen molar-refractivity contribution in [2.45, 2.75) is 38.1 Å². The summed E-state index contributed by atoms with van der Waals surface area (Å²) < 4.78 is 3.92. The van der Waals surface area contributed by atoms with E-state index in [1.165, 1.54) is 0 Å². The fourth-order valence-electron chi connectivity index (χ4n) is 4.36. The number of rotatable bonds is 4. The summed E-state index contributed by atoms with van der Waals surface area (Å²) in [5, 5.41) is 7.53. The molecule has 152 valence electrons. The highest BCUT2D eigenvalue weighted by Gasteiger charge is 2.27. The third kappa shape index (κ3) is 4.31. The minimum atomic E-state index is 0.0912. The molecule has 2 aromatic rings. The van der Waals surface area contributed by atoms with Gasteiger partial charge in [0.2, 0.25) is 0 Å². The minimum absolute atomic E-state index is 0.0912. The van der Waals surface area contributed by atoms with Gasteiger partial charge in [0, 0.05) is 71.3 Å². The van der Waals surface area contributed by atoms with Crippen LogP contribution in [0.15, 0.2) is 24.8 Å². The Kier molecular flexibility index (Phi) is 5.54. The van der Waals surface area contributed by atoms with E-state index in [0.29, 0.717) is 5.92 Å². The summed E-state index contributed by atoms with van der Waals surface area (Å²) >= 11 is 0. The van der Waals surface area contributed by atoms with E-state index < -0.39 is 0 Å². The van der Waals surface area contributed by atoms with Gasteiger partial charge in [-0.25, -0.2) is 9.78 Å². The lowest BCUT2D eigenvalue weighted by molar-refractivity contribution is 0.165. The maximum atomic E-state index is 12.8. The molecule has 0 spiro atoms. The van der Waals surface area contributed by atoms with E-state index in [1.54, 1.807) is 0 Å². The van der Waals surface area contributed by atoms with Crippen LogP contribution >= 0.6 is 0 Å². The third-order valence-corrected chi connectivity index (χ3v) is 6.10. The van der Waals surface area contributed by atoms with Crippen molar-refractivity contribution in [3.05, 3.63) is 30.6 Å². The number of aromatic nitrogens is 4. The summed E-state index contributed by atoms with van der Waals surface area (Å²) in [7, 11) is 3.98. The Labute approximate surface area is 166 Å². The number of piperidine rings is 2. The van der Waals surface area contributed by atoms with Crippen molar-refractivity contribution in [3.8, 4) is 0 Å². The lowest BCUT2D eigenvalue weighted by Gasteiger charge is -2.37. The lowest BCUT2D eigenvalue weighted by Crippen LogP contribution is -2.53. The Morgan fingerprint density at radius 3 is 2.71 bits per heavy atom. The number of urea groups is 1. The number of hydrogen-bond acceptors (Lipinski definition) is 4. The lowest BCUT2D eigenvalue weighted by atomic mass is 9.93. The second kappa shape index (κ2) is 8.24. The molecular formula is C20H31N7O. The molecule has 1 unspecified atom stereocenters. The number of anilines is 1. The Morgan fingerprint density at radius 1 is 1.21 bits per heavy atom. The Morgan fingerprint density at radius 2 is 2.04 bits per heavy atom. The highest BCUT2D eigenvalue weighted by atomic mass is 16.2. The smallest absolute Gasteiger partial charge is 0.317 e. The van der Waals surface area contributed by atoms with Crippen LogP contribution in [0.5, 0.6) is 0 Å². The van der Waals surface area contributed by atoms with Crippen molar-refractivity contribution in [1.82, 2.24) is 29.5 Å². The van der Waals surface area contributed by atoms with Crippen LogP contribution in [0, 0.1) is 5.92 Å². The molecule has 0 aromatic carbocycles. The molecule has 0 bridgehead atoms. The van der Waals surface area contributed by atoms with Gasteiger partial charge in [0.15, 0.2) is 0 Å². The van der Waals surface area contributed by atoms with Crippen molar-refractivity contribution >= 4 is 11.7 Å². The van der Waals surface area contributed by atoms with Gasteiger partial charge in [-0.15, -0.1) is 0 Å². The SMILES string of the molecule is Cn1cc(N2CCCC(NC(=O)N3CCC(Cc4nccn4C)CC3)C2)cn1. The van der Waals surface area contributed by atoms with Gasteiger partial charge in [0.25, 0.3) is 0 Å². The highest BCUT2D eigenvalue weighted by molar-refractivity contribution is 5.74. The van der Waals surface area contributed by atoms with E-state index in [0.717, 1.165) is 69.8 Å². The van der Waals surface area contributed by atoms with E-state index in [2.05, 4.69) is 24.9 Å². The van der Waals surface area contributed by atoms with Gasteiger partial charge in [-0.1, -0.05) is 0 Å². The number of carbonyl (C=O) groups is 1. The standard InChI is InChI=1S/C20H31N7O/c1-24-11-7-21-19(24)12-16-5-9-26(10-6-16)20(28)23-17-4-3-8-27(14-17)18-13-22-25(2)15-18/h7,11,13,15-17H,3-6,8-10,12,14H2,1-2H3,(H,23,28). The van der Waals surface area contributed by atoms with Crippen LogP contribution in [0.1, 0.15) is 31.5 Å². The number of carbonyl (C=O) groups excluding carboxylic acids is 1. The number of amides is 2. The summed E-state index contributed by atoms with van der Waals surface area (Å²) in [5.41, 5.74) is 1.14. The van der Waals surface area contributed by atoms with Gasteiger partial charge in [-0.05, 0) is 31.6 Å². The van der Waals surface area contributed by atoms with Crippen LogP contribution in [-0.4, -0.2) is 62.5 Å². The van der Waals surface area contributed by atoms with Gasteiger partial charge in [0.1, 0.15) is 5.82 Å². The molecule has 28 heavy (non-hydrogen) atoms. The van der Waals surface area contributed by atoms with E-state index in [9.17, 15) is 4.79 Å². The highest BCUT2D eigenvalue weighted by Crippen LogP contribution is 2.22.